The number of carbonyl (C=O) groups is 1. The van der Waals surface area contributed by atoms with E-state index in [-0.39, 0.29) is 24.9 Å². The van der Waals surface area contributed by atoms with Gasteiger partial charge in [0.1, 0.15) is 6.10 Å². The van der Waals surface area contributed by atoms with Gasteiger partial charge in [0.2, 0.25) is 0 Å². The molecule has 0 N–H and O–H groups in total. The number of halogens is 1. The Morgan fingerprint density at radius 1 is 0.698 bits per heavy atom. The first-order valence-electron chi connectivity index (χ1n) is 14.7. The lowest BCUT2D eigenvalue weighted by molar-refractivity contribution is -0.214. The Hall–Kier alpha value is -3.62. The standard InChI is InChI=1S/C36H39FO5Si/c1-36(2,3)43(29-20-12-6-13-21-29,30-22-14-7-15-23-30)41-26-31-32(37)33(39-24-27-16-8-4-9-17-27)34(35(38)42-31)40-25-28-18-10-5-11-19-28/h4-23,31-34H,24-26H2,1-3H3/t31-,32-,33+,34-/m1/s1. The fourth-order valence-electron chi connectivity index (χ4n) is 5.76. The van der Waals surface area contributed by atoms with Crippen molar-refractivity contribution in [3.63, 3.8) is 0 Å². The molecule has 4 aromatic carbocycles. The van der Waals surface area contributed by atoms with Crippen LogP contribution in [-0.4, -0.2) is 45.4 Å². The van der Waals surface area contributed by atoms with Gasteiger partial charge in [0.15, 0.2) is 18.4 Å². The van der Waals surface area contributed by atoms with Gasteiger partial charge in [-0.15, -0.1) is 0 Å². The summed E-state index contributed by atoms with van der Waals surface area (Å²) in [5.41, 5.74) is 1.74. The topological polar surface area (TPSA) is 54.0 Å². The number of hydrogen-bond donors (Lipinski definition) is 0. The average Bonchev–Trinajstić information content (AvgIpc) is 3.03. The molecule has 224 valence electrons. The van der Waals surface area contributed by atoms with E-state index in [0.29, 0.717) is 0 Å². The summed E-state index contributed by atoms with van der Waals surface area (Å²) >= 11 is 0. The quantitative estimate of drug-likeness (QED) is 0.157. The lowest BCUT2D eigenvalue weighted by Crippen LogP contribution is -2.68. The second-order valence-corrected chi connectivity index (χ2v) is 16.2. The van der Waals surface area contributed by atoms with Crippen molar-refractivity contribution in [1.29, 1.82) is 0 Å². The van der Waals surface area contributed by atoms with Gasteiger partial charge in [-0.05, 0) is 26.5 Å². The summed E-state index contributed by atoms with van der Waals surface area (Å²) < 4.78 is 41.2. The fourth-order valence-corrected chi connectivity index (χ4v) is 10.3. The number of rotatable bonds is 11. The highest BCUT2D eigenvalue weighted by molar-refractivity contribution is 6.99. The number of cyclic esters (lactones) is 1. The summed E-state index contributed by atoms with van der Waals surface area (Å²) in [5, 5.41) is 1.81. The third-order valence-electron chi connectivity index (χ3n) is 7.91. The van der Waals surface area contributed by atoms with E-state index in [4.69, 9.17) is 18.6 Å². The van der Waals surface area contributed by atoms with E-state index in [1.807, 2.05) is 97.1 Å². The first kappa shape index (κ1) is 30.8. The van der Waals surface area contributed by atoms with Gasteiger partial charge in [0.25, 0.3) is 8.32 Å². The van der Waals surface area contributed by atoms with Gasteiger partial charge in [0.05, 0.1) is 19.8 Å². The lowest BCUT2D eigenvalue weighted by Gasteiger charge is -2.45. The van der Waals surface area contributed by atoms with Gasteiger partial charge in [-0.1, -0.05) is 142 Å². The molecule has 0 radical (unpaired) electrons. The molecular weight excluding hydrogens is 559 g/mol. The number of benzene rings is 4. The van der Waals surface area contributed by atoms with E-state index in [9.17, 15) is 4.79 Å². The average molecular weight is 599 g/mol. The highest BCUT2D eigenvalue weighted by Crippen LogP contribution is 2.37. The van der Waals surface area contributed by atoms with Crippen molar-refractivity contribution in [2.24, 2.45) is 0 Å². The van der Waals surface area contributed by atoms with Crippen molar-refractivity contribution in [3.05, 3.63) is 132 Å². The van der Waals surface area contributed by atoms with E-state index in [2.05, 4.69) is 45.0 Å². The Balaban J connectivity index is 1.42. The maximum atomic E-state index is 16.5. The molecule has 1 aliphatic heterocycles. The summed E-state index contributed by atoms with van der Waals surface area (Å²) in [4.78, 5) is 13.4. The Morgan fingerprint density at radius 3 is 1.60 bits per heavy atom. The minimum atomic E-state index is -2.98. The molecule has 1 fully saturated rings. The molecule has 1 heterocycles. The third kappa shape index (κ3) is 6.97. The zero-order chi connectivity index (χ0) is 30.3. The summed E-state index contributed by atoms with van der Waals surface area (Å²) in [6.45, 7) is 6.60. The predicted octanol–water partition coefficient (Wildman–Crippen LogP) is 6.00. The monoisotopic (exact) mass is 598 g/mol. The molecule has 7 heteroatoms. The molecule has 1 saturated heterocycles. The first-order valence-corrected chi connectivity index (χ1v) is 16.6. The Kier molecular flexibility index (Phi) is 9.88. The van der Waals surface area contributed by atoms with Crippen molar-refractivity contribution >= 4 is 24.7 Å². The molecule has 0 aromatic heterocycles. The number of alkyl halides is 1. The number of esters is 1. The second-order valence-electron chi connectivity index (χ2n) is 11.9. The minimum Gasteiger partial charge on any atom is -0.455 e. The van der Waals surface area contributed by atoms with E-state index in [1.54, 1.807) is 0 Å². The molecule has 5 nitrogen and oxygen atoms in total. The summed E-state index contributed by atoms with van der Waals surface area (Å²) in [6, 6.07) is 39.2. The van der Waals surface area contributed by atoms with Crippen LogP contribution in [0.4, 0.5) is 4.39 Å². The molecule has 4 aromatic rings. The second kappa shape index (κ2) is 13.8. The number of carbonyl (C=O) groups excluding carboxylic acids is 1. The maximum Gasteiger partial charge on any atom is 0.338 e. The third-order valence-corrected chi connectivity index (χ3v) is 12.9. The largest absolute Gasteiger partial charge is 0.455 e. The molecule has 0 saturated carbocycles. The number of ether oxygens (including phenoxy) is 3. The van der Waals surface area contributed by atoms with Crippen LogP contribution in [0.3, 0.4) is 0 Å². The van der Waals surface area contributed by atoms with E-state index < -0.39 is 38.8 Å². The molecule has 43 heavy (non-hydrogen) atoms. The van der Waals surface area contributed by atoms with Crippen molar-refractivity contribution < 1.29 is 27.8 Å². The molecule has 0 aliphatic carbocycles. The van der Waals surface area contributed by atoms with Crippen LogP contribution >= 0.6 is 0 Å². The van der Waals surface area contributed by atoms with Crippen LogP contribution in [0.25, 0.3) is 0 Å². The van der Waals surface area contributed by atoms with Gasteiger partial charge >= 0.3 is 5.97 Å². The van der Waals surface area contributed by atoms with Gasteiger partial charge in [-0.2, -0.15) is 0 Å². The summed E-state index contributed by atoms with van der Waals surface area (Å²) in [5.74, 6) is -0.654. The first-order chi connectivity index (χ1) is 20.8. The van der Waals surface area contributed by atoms with Crippen molar-refractivity contribution in [3.8, 4) is 0 Å². The van der Waals surface area contributed by atoms with Crippen molar-refractivity contribution in [2.75, 3.05) is 6.61 Å². The summed E-state index contributed by atoms with van der Waals surface area (Å²) in [7, 11) is -2.98. The fraction of sp³-hybridized carbons (Fsp3) is 0.306. The maximum absolute atomic E-state index is 16.5. The zero-order valence-electron chi connectivity index (χ0n) is 24.9. The molecule has 4 atom stereocenters. The van der Waals surface area contributed by atoms with Gasteiger partial charge in [0, 0.05) is 0 Å². The van der Waals surface area contributed by atoms with Gasteiger partial charge in [-0.25, -0.2) is 9.18 Å². The van der Waals surface area contributed by atoms with Crippen LogP contribution < -0.4 is 10.4 Å². The predicted molar refractivity (Wildman–Crippen MR) is 168 cm³/mol. The molecule has 0 unspecified atom stereocenters. The van der Waals surface area contributed by atoms with Crippen LogP contribution in [-0.2, 0) is 36.6 Å². The molecule has 0 bridgehead atoms. The molecule has 0 spiro atoms. The van der Waals surface area contributed by atoms with E-state index in [0.717, 1.165) is 21.5 Å². The highest BCUT2D eigenvalue weighted by atomic mass is 28.4. The molecule has 1 aliphatic rings. The number of hydrogen-bond acceptors (Lipinski definition) is 5. The highest BCUT2D eigenvalue weighted by Gasteiger charge is 2.53. The van der Waals surface area contributed by atoms with E-state index >= 15 is 4.39 Å². The minimum absolute atomic E-state index is 0.114. The molecular formula is C36H39FO5Si. The SMILES string of the molecule is CC(C)(C)[Si](OC[C@H]1OC(=O)[C@H](OCc2ccccc2)[C@@H](OCc2ccccc2)[C@@H]1F)(c1ccccc1)c1ccccc1. The van der Waals surface area contributed by atoms with Crippen LogP contribution in [0.2, 0.25) is 5.04 Å². The molecule has 5 rings (SSSR count). The van der Waals surface area contributed by atoms with Crippen molar-refractivity contribution in [1.82, 2.24) is 0 Å². The summed E-state index contributed by atoms with van der Waals surface area (Å²) in [6.07, 6.45) is -5.21. The van der Waals surface area contributed by atoms with Crippen LogP contribution in [0, 0.1) is 0 Å². The Bertz CT molecular complexity index is 1390. The Morgan fingerprint density at radius 2 is 1.14 bits per heavy atom. The van der Waals surface area contributed by atoms with Crippen LogP contribution in [0.15, 0.2) is 121 Å². The van der Waals surface area contributed by atoms with E-state index in [1.165, 1.54) is 0 Å². The zero-order valence-corrected chi connectivity index (χ0v) is 25.9. The van der Waals surface area contributed by atoms with Gasteiger partial charge < -0.3 is 18.6 Å². The molecule has 0 amide bonds. The normalized spacial score (nSPS) is 20.9. The van der Waals surface area contributed by atoms with Gasteiger partial charge in [-0.3, -0.25) is 0 Å². The lowest BCUT2D eigenvalue weighted by atomic mass is 10.0. The van der Waals surface area contributed by atoms with Crippen LogP contribution in [0.1, 0.15) is 31.9 Å². The van der Waals surface area contributed by atoms with Crippen LogP contribution in [0.5, 0.6) is 0 Å². The smallest absolute Gasteiger partial charge is 0.338 e. The van der Waals surface area contributed by atoms with Crippen molar-refractivity contribution in [2.45, 2.75) is 63.5 Å². The Labute approximate surface area is 254 Å².